The average molecular weight is 580 g/mol. The molecule has 0 aliphatic heterocycles. The van der Waals surface area contributed by atoms with Crippen LogP contribution in [0, 0.1) is 17.8 Å². The van der Waals surface area contributed by atoms with Gasteiger partial charge in [-0.15, -0.1) is 0 Å². The molecule has 8 rings (SSSR count). The van der Waals surface area contributed by atoms with Crippen LogP contribution >= 0.6 is 11.6 Å². The van der Waals surface area contributed by atoms with Gasteiger partial charge >= 0.3 is 0 Å². The number of hydrogen-bond donors (Lipinski definition) is 2. The first-order valence-corrected chi connectivity index (χ1v) is 15.2. The van der Waals surface area contributed by atoms with Crippen LogP contribution in [0.15, 0.2) is 83.8 Å². The van der Waals surface area contributed by atoms with E-state index in [1.807, 2.05) is 71.4 Å². The summed E-state index contributed by atoms with van der Waals surface area (Å²) < 4.78 is 2.01. The van der Waals surface area contributed by atoms with E-state index >= 15 is 0 Å². The normalized spacial score (nSPS) is 25.9. The van der Waals surface area contributed by atoms with E-state index in [4.69, 9.17) is 11.6 Å². The minimum atomic E-state index is -0.0840. The largest absolute Gasteiger partial charge is 0.351 e. The number of rotatable bonds is 6. The molecule has 2 N–H and O–H groups in total. The van der Waals surface area contributed by atoms with Crippen LogP contribution in [0.4, 0.5) is 0 Å². The zero-order chi connectivity index (χ0) is 29.0. The summed E-state index contributed by atoms with van der Waals surface area (Å²) in [6.45, 7) is 1.61. The van der Waals surface area contributed by atoms with Gasteiger partial charge in [0.05, 0.1) is 5.52 Å². The standard InChI is InChI=1S/C35H34ClN3O3/c1-21(40)38-35-17-23-14-25(18-35)32(26(15-23)19-35)37-34(42)24-9-7-22(8-10-24)13-27-20-39(29-5-3-2-4-6-29)31-16-28(36)11-12-30(31)33(27)41/h2-12,16,20,23,25-26,32H,13-15,17-19H2,1H3,(H,37,42)(H,38,40)/t23-,25-,26+,32-,35-. The van der Waals surface area contributed by atoms with Gasteiger partial charge in [-0.05, 0) is 97.9 Å². The fourth-order valence-corrected chi connectivity index (χ4v) is 8.46. The van der Waals surface area contributed by atoms with Gasteiger partial charge in [0.2, 0.25) is 5.91 Å². The number of nitrogens with zero attached hydrogens (tertiary/aromatic N) is 1. The van der Waals surface area contributed by atoms with E-state index in [1.165, 1.54) is 0 Å². The molecule has 0 spiro atoms. The Hall–Kier alpha value is -3.90. The molecule has 7 heteroatoms. The van der Waals surface area contributed by atoms with E-state index in [2.05, 4.69) is 10.6 Å². The number of amides is 2. The van der Waals surface area contributed by atoms with Gasteiger partial charge in [0.25, 0.3) is 5.91 Å². The van der Waals surface area contributed by atoms with Crippen molar-refractivity contribution in [3.63, 3.8) is 0 Å². The van der Waals surface area contributed by atoms with Gasteiger partial charge in [-0.2, -0.15) is 0 Å². The molecule has 1 aromatic heterocycles. The fraction of sp³-hybridized carbons (Fsp3) is 0.343. The Morgan fingerprint density at radius 1 is 0.952 bits per heavy atom. The zero-order valence-corrected chi connectivity index (χ0v) is 24.4. The number of benzene rings is 3. The van der Waals surface area contributed by atoms with Crippen molar-refractivity contribution in [2.45, 2.75) is 57.0 Å². The summed E-state index contributed by atoms with van der Waals surface area (Å²) in [6, 6.07) is 23.0. The van der Waals surface area contributed by atoms with Gasteiger partial charge in [-0.1, -0.05) is 41.9 Å². The molecular weight excluding hydrogens is 546 g/mol. The molecule has 4 aromatic rings. The Morgan fingerprint density at radius 2 is 1.67 bits per heavy atom. The second-order valence-electron chi connectivity index (χ2n) is 12.7. The van der Waals surface area contributed by atoms with Crippen LogP contribution < -0.4 is 16.1 Å². The SMILES string of the molecule is CC(=O)N[C@]12C[C@@H]3C[C@H](C1)[C@@H](NC(=O)c1ccc(Cc4cn(-c5ccccc5)c5cc(Cl)ccc5c4=O)cc1)[C@@H](C3)C2. The second-order valence-corrected chi connectivity index (χ2v) is 13.1. The quantitative estimate of drug-likeness (QED) is 0.292. The highest BCUT2D eigenvalue weighted by atomic mass is 35.5. The maximum absolute atomic E-state index is 13.5. The van der Waals surface area contributed by atoms with Crippen molar-refractivity contribution < 1.29 is 9.59 Å². The van der Waals surface area contributed by atoms with E-state index < -0.39 is 0 Å². The van der Waals surface area contributed by atoms with E-state index in [1.54, 1.807) is 19.1 Å². The Kier molecular flexibility index (Phi) is 6.69. The van der Waals surface area contributed by atoms with Gasteiger partial charge in [0.15, 0.2) is 5.43 Å². The van der Waals surface area contributed by atoms with Crippen LogP contribution in [-0.4, -0.2) is 28.0 Å². The molecule has 1 heterocycles. The van der Waals surface area contributed by atoms with Gasteiger partial charge in [-0.3, -0.25) is 14.4 Å². The lowest BCUT2D eigenvalue weighted by atomic mass is 9.51. The summed E-state index contributed by atoms with van der Waals surface area (Å²) in [6.07, 6.45) is 7.57. The van der Waals surface area contributed by atoms with Crippen LogP contribution in [0.5, 0.6) is 0 Å². The number of aromatic nitrogens is 1. The van der Waals surface area contributed by atoms with Gasteiger partial charge in [-0.25, -0.2) is 0 Å². The van der Waals surface area contributed by atoms with Gasteiger partial charge < -0.3 is 15.2 Å². The van der Waals surface area contributed by atoms with Crippen LogP contribution in [-0.2, 0) is 11.2 Å². The molecule has 3 aromatic carbocycles. The third-order valence-corrected chi connectivity index (χ3v) is 9.93. The number of para-hydroxylation sites is 1. The van der Waals surface area contributed by atoms with E-state index in [-0.39, 0.29) is 28.8 Å². The lowest BCUT2D eigenvalue weighted by Crippen LogP contribution is -2.66. The molecule has 2 amide bonds. The topological polar surface area (TPSA) is 80.2 Å². The monoisotopic (exact) mass is 579 g/mol. The summed E-state index contributed by atoms with van der Waals surface area (Å²) in [4.78, 5) is 38.7. The minimum Gasteiger partial charge on any atom is -0.351 e. The number of fused-ring (bicyclic) bond motifs is 1. The maximum Gasteiger partial charge on any atom is 0.251 e. The number of pyridine rings is 1. The Balaban J connectivity index is 1.10. The van der Waals surface area contributed by atoms with Crippen molar-refractivity contribution in [3.8, 4) is 5.69 Å². The van der Waals surface area contributed by atoms with Crippen molar-refractivity contribution >= 4 is 34.3 Å². The predicted octanol–water partition coefficient (Wildman–Crippen LogP) is 6.05. The van der Waals surface area contributed by atoms with Crippen LogP contribution in [0.3, 0.4) is 0 Å². The molecule has 4 bridgehead atoms. The van der Waals surface area contributed by atoms with E-state index in [9.17, 15) is 14.4 Å². The summed E-state index contributed by atoms with van der Waals surface area (Å²) in [5, 5.41) is 7.82. The number of nitrogens with one attached hydrogen (secondary N) is 2. The Morgan fingerprint density at radius 3 is 2.36 bits per heavy atom. The summed E-state index contributed by atoms with van der Waals surface area (Å²) in [5.41, 5.74) is 3.87. The molecule has 0 radical (unpaired) electrons. The molecular formula is C35H34ClN3O3. The van der Waals surface area contributed by atoms with Crippen LogP contribution in [0.25, 0.3) is 16.6 Å². The number of hydrogen-bond acceptors (Lipinski definition) is 3. The highest BCUT2D eigenvalue weighted by Gasteiger charge is 2.56. The van der Waals surface area contributed by atoms with Crippen molar-refractivity contribution in [2.75, 3.05) is 0 Å². The van der Waals surface area contributed by atoms with Gasteiger partial charge in [0, 0.05) is 58.3 Å². The van der Waals surface area contributed by atoms with Crippen molar-refractivity contribution in [1.29, 1.82) is 0 Å². The molecule has 0 unspecified atom stereocenters. The molecule has 42 heavy (non-hydrogen) atoms. The predicted molar refractivity (Wildman–Crippen MR) is 165 cm³/mol. The fourth-order valence-electron chi connectivity index (χ4n) is 8.30. The first-order valence-electron chi connectivity index (χ1n) is 14.8. The van der Waals surface area contributed by atoms with E-state index in [0.717, 1.165) is 48.9 Å². The molecule has 5 atom stereocenters. The third-order valence-electron chi connectivity index (χ3n) is 9.70. The molecule has 6 nitrogen and oxygen atoms in total. The average Bonchev–Trinajstić information content (AvgIpc) is 2.96. The molecule has 4 fully saturated rings. The highest BCUT2D eigenvalue weighted by molar-refractivity contribution is 6.31. The van der Waals surface area contributed by atoms with Crippen molar-refractivity contribution in [1.82, 2.24) is 15.2 Å². The lowest BCUT2D eigenvalue weighted by Gasteiger charge is -2.60. The molecule has 4 saturated carbocycles. The van der Waals surface area contributed by atoms with Crippen LogP contribution in [0.1, 0.15) is 60.5 Å². The second kappa shape index (κ2) is 10.4. The first kappa shape index (κ1) is 27.0. The first-order chi connectivity index (χ1) is 20.3. The number of halogens is 1. The number of carbonyl (C=O) groups is 2. The molecule has 214 valence electrons. The van der Waals surface area contributed by atoms with Crippen molar-refractivity contribution in [2.24, 2.45) is 17.8 Å². The summed E-state index contributed by atoms with van der Waals surface area (Å²) in [7, 11) is 0. The van der Waals surface area contributed by atoms with Crippen LogP contribution in [0.2, 0.25) is 5.02 Å². The Bertz CT molecular complexity index is 1730. The summed E-state index contributed by atoms with van der Waals surface area (Å²) >= 11 is 6.30. The van der Waals surface area contributed by atoms with E-state index in [0.29, 0.717) is 45.7 Å². The lowest BCUT2D eigenvalue weighted by molar-refractivity contribution is -0.125. The van der Waals surface area contributed by atoms with Crippen molar-refractivity contribution in [3.05, 3.63) is 111 Å². The third kappa shape index (κ3) is 4.92. The number of carbonyl (C=O) groups excluding carboxylic acids is 2. The summed E-state index contributed by atoms with van der Waals surface area (Å²) in [5.74, 6) is 1.44. The molecule has 4 aliphatic carbocycles. The Labute approximate surface area is 250 Å². The zero-order valence-electron chi connectivity index (χ0n) is 23.6. The maximum atomic E-state index is 13.5. The minimum absolute atomic E-state index is 0.0189. The van der Waals surface area contributed by atoms with Gasteiger partial charge in [0.1, 0.15) is 0 Å². The molecule has 0 saturated heterocycles. The smallest absolute Gasteiger partial charge is 0.251 e. The highest BCUT2D eigenvalue weighted by Crippen LogP contribution is 2.55. The molecule has 4 aliphatic rings.